The lowest BCUT2D eigenvalue weighted by Crippen LogP contribution is -2.23. The van der Waals surface area contributed by atoms with Crippen LogP contribution in [-0.2, 0) is 9.53 Å². The minimum Gasteiger partial charge on any atom is -0.467 e. The minimum atomic E-state index is -0.729. The smallest absolute Gasteiger partial charge is 0.333 e. The van der Waals surface area contributed by atoms with Crippen LogP contribution in [0.3, 0.4) is 0 Å². The van der Waals surface area contributed by atoms with Gasteiger partial charge in [0.1, 0.15) is 5.02 Å². The second-order valence-corrected chi connectivity index (χ2v) is 4.34. The van der Waals surface area contributed by atoms with Crippen molar-refractivity contribution in [2.45, 2.75) is 6.04 Å². The number of nitrogens with one attached hydrogen (secondary N) is 1. The second-order valence-electron chi connectivity index (χ2n) is 3.94. The summed E-state index contributed by atoms with van der Waals surface area (Å²) < 4.78 is 4.79. The number of hydrogen-bond donors (Lipinski definition) is 2. The first kappa shape index (κ1) is 14.1. The van der Waals surface area contributed by atoms with E-state index in [2.05, 4.69) is 15.3 Å². The number of ether oxygens (including phenoxy) is 1. The molecule has 0 saturated heterocycles. The van der Waals surface area contributed by atoms with Crippen LogP contribution in [0.25, 0.3) is 0 Å². The summed E-state index contributed by atoms with van der Waals surface area (Å²) in [4.78, 5) is 19.6. The highest BCUT2D eigenvalue weighted by molar-refractivity contribution is 6.32. The highest BCUT2D eigenvalue weighted by Gasteiger charge is 2.22. The number of halogens is 1. The number of carbonyl (C=O) groups excluding carboxylic acids is 1. The first-order valence-electron chi connectivity index (χ1n) is 5.79. The lowest BCUT2D eigenvalue weighted by atomic mass is 10.1. The van der Waals surface area contributed by atoms with Gasteiger partial charge in [-0.05, 0) is 5.56 Å². The number of nitrogen functional groups attached to an aromatic ring is 1. The molecule has 2 rings (SSSR count). The molecule has 1 aromatic carbocycles. The van der Waals surface area contributed by atoms with E-state index >= 15 is 0 Å². The molecule has 20 heavy (non-hydrogen) atoms. The fourth-order valence-corrected chi connectivity index (χ4v) is 1.81. The summed E-state index contributed by atoms with van der Waals surface area (Å²) in [5.74, 6) is -0.114. The van der Waals surface area contributed by atoms with Crippen molar-refractivity contribution >= 4 is 29.3 Å². The van der Waals surface area contributed by atoms with Crippen LogP contribution in [0.15, 0.2) is 36.5 Å². The van der Waals surface area contributed by atoms with Gasteiger partial charge < -0.3 is 15.8 Å². The molecule has 1 atom stereocenters. The van der Waals surface area contributed by atoms with Crippen LogP contribution in [0.1, 0.15) is 11.6 Å². The molecule has 0 spiro atoms. The molecule has 0 aliphatic carbocycles. The Hall–Kier alpha value is -2.34. The van der Waals surface area contributed by atoms with Crippen LogP contribution in [0, 0.1) is 0 Å². The van der Waals surface area contributed by atoms with Gasteiger partial charge in [0.05, 0.1) is 13.3 Å². The van der Waals surface area contributed by atoms with E-state index in [4.69, 9.17) is 22.1 Å². The van der Waals surface area contributed by atoms with Crippen molar-refractivity contribution in [2.24, 2.45) is 0 Å². The van der Waals surface area contributed by atoms with Crippen LogP contribution < -0.4 is 11.1 Å². The van der Waals surface area contributed by atoms with Crippen molar-refractivity contribution < 1.29 is 9.53 Å². The van der Waals surface area contributed by atoms with Crippen molar-refractivity contribution in [3.63, 3.8) is 0 Å². The molecule has 104 valence electrons. The van der Waals surface area contributed by atoms with Gasteiger partial charge >= 0.3 is 5.97 Å². The maximum Gasteiger partial charge on any atom is 0.333 e. The SMILES string of the molecule is COC(=O)C(Nc1nc(N)ncc1Cl)c1ccccc1. The van der Waals surface area contributed by atoms with Gasteiger partial charge in [-0.2, -0.15) is 4.98 Å². The number of nitrogens with two attached hydrogens (primary N) is 1. The molecule has 1 heterocycles. The molecule has 3 N–H and O–H groups in total. The summed E-state index contributed by atoms with van der Waals surface area (Å²) in [6.45, 7) is 0. The molecule has 0 aliphatic heterocycles. The Morgan fingerprint density at radius 2 is 2.10 bits per heavy atom. The number of aromatic nitrogens is 2. The third-order valence-corrected chi connectivity index (χ3v) is 2.89. The van der Waals surface area contributed by atoms with Gasteiger partial charge in [0.25, 0.3) is 0 Å². The third kappa shape index (κ3) is 3.16. The molecule has 2 aromatic rings. The van der Waals surface area contributed by atoms with Gasteiger partial charge in [-0.25, -0.2) is 9.78 Å². The Morgan fingerprint density at radius 1 is 1.40 bits per heavy atom. The maximum absolute atomic E-state index is 11.9. The first-order valence-corrected chi connectivity index (χ1v) is 6.17. The lowest BCUT2D eigenvalue weighted by molar-refractivity contribution is -0.141. The summed E-state index contributed by atoms with van der Waals surface area (Å²) >= 11 is 5.98. The number of nitrogens with zero attached hydrogens (tertiary/aromatic N) is 2. The molecule has 0 bridgehead atoms. The van der Waals surface area contributed by atoms with Crippen LogP contribution in [-0.4, -0.2) is 23.0 Å². The molecule has 0 fully saturated rings. The largest absolute Gasteiger partial charge is 0.467 e. The van der Waals surface area contributed by atoms with Crippen molar-refractivity contribution in [1.29, 1.82) is 0 Å². The molecule has 1 aromatic heterocycles. The molecular formula is C13H13ClN4O2. The maximum atomic E-state index is 11.9. The van der Waals surface area contributed by atoms with Crippen molar-refractivity contribution in [3.05, 3.63) is 47.1 Å². The molecule has 0 aliphatic rings. The van der Waals surface area contributed by atoms with E-state index in [9.17, 15) is 4.79 Å². The molecule has 0 amide bonds. The summed E-state index contributed by atoms with van der Waals surface area (Å²) in [7, 11) is 1.32. The number of hydrogen-bond acceptors (Lipinski definition) is 6. The highest BCUT2D eigenvalue weighted by atomic mass is 35.5. The van der Waals surface area contributed by atoms with E-state index in [0.29, 0.717) is 0 Å². The fourth-order valence-electron chi connectivity index (χ4n) is 1.66. The average molecular weight is 293 g/mol. The fraction of sp³-hybridized carbons (Fsp3) is 0.154. The van der Waals surface area contributed by atoms with Crippen molar-refractivity contribution in [2.75, 3.05) is 18.2 Å². The number of carbonyl (C=O) groups is 1. The number of benzene rings is 1. The molecule has 0 saturated carbocycles. The number of esters is 1. The standard InChI is InChI=1S/C13H13ClN4O2/c1-20-12(19)10(8-5-3-2-4-6-8)17-11-9(14)7-16-13(15)18-11/h2-7,10H,1H3,(H3,15,16,17,18). The van der Waals surface area contributed by atoms with Gasteiger partial charge in [-0.3, -0.25) is 0 Å². The highest BCUT2D eigenvalue weighted by Crippen LogP contribution is 2.25. The Labute approximate surface area is 120 Å². The van der Waals surface area contributed by atoms with Crippen LogP contribution in [0.5, 0.6) is 0 Å². The summed E-state index contributed by atoms with van der Waals surface area (Å²) in [6, 6.07) is 8.37. The van der Waals surface area contributed by atoms with E-state index in [1.165, 1.54) is 13.3 Å². The van der Waals surface area contributed by atoms with Gasteiger partial charge in [0.2, 0.25) is 5.95 Å². The summed E-state index contributed by atoms with van der Waals surface area (Å²) in [5, 5.41) is 3.19. The number of methoxy groups -OCH3 is 1. The van der Waals surface area contributed by atoms with Gasteiger partial charge in [0.15, 0.2) is 11.9 Å². The summed E-state index contributed by atoms with van der Waals surface area (Å²) in [5.41, 5.74) is 6.24. The van der Waals surface area contributed by atoms with Crippen LogP contribution in [0.2, 0.25) is 5.02 Å². The van der Waals surface area contributed by atoms with Crippen LogP contribution >= 0.6 is 11.6 Å². The minimum absolute atomic E-state index is 0.0635. The molecule has 1 unspecified atom stereocenters. The monoisotopic (exact) mass is 292 g/mol. The van der Waals surface area contributed by atoms with Crippen molar-refractivity contribution in [3.8, 4) is 0 Å². The quantitative estimate of drug-likeness (QED) is 0.838. The van der Waals surface area contributed by atoms with E-state index in [-0.39, 0.29) is 16.8 Å². The Kier molecular flexibility index (Phi) is 4.37. The Bertz CT molecular complexity index is 607. The van der Waals surface area contributed by atoms with Crippen LogP contribution in [0.4, 0.5) is 11.8 Å². The topological polar surface area (TPSA) is 90.1 Å². The van der Waals surface area contributed by atoms with E-state index in [1.807, 2.05) is 18.2 Å². The first-order chi connectivity index (χ1) is 9.61. The second kappa shape index (κ2) is 6.21. The molecule has 7 heteroatoms. The number of anilines is 2. The van der Waals surface area contributed by atoms with Crippen molar-refractivity contribution in [1.82, 2.24) is 9.97 Å². The van der Waals surface area contributed by atoms with E-state index in [1.54, 1.807) is 12.1 Å². The zero-order valence-electron chi connectivity index (χ0n) is 10.7. The Balaban J connectivity index is 2.34. The zero-order chi connectivity index (χ0) is 14.5. The normalized spacial score (nSPS) is 11.7. The van der Waals surface area contributed by atoms with Gasteiger partial charge in [-0.15, -0.1) is 0 Å². The van der Waals surface area contributed by atoms with Gasteiger partial charge in [0, 0.05) is 0 Å². The molecule has 0 radical (unpaired) electrons. The molecular weight excluding hydrogens is 280 g/mol. The predicted octanol–water partition coefficient (Wildman–Crippen LogP) is 2.04. The summed E-state index contributed by atoms with van der Waals surface area (Å²) in [6.07, 6.45) is 1.37. The van der Waals surface area contributed by atoms with Gasteiger partial charge in [-0.1, -0.05) is 41.9 Å². The average Bonchev–Trinajstić information content (AvgIpc) is 2.48. The molecule has 6 nitrogen and oxygen atoms in total. The lowest BCUT2D eigenvalue weighted by Gasteiger charge is -2.18. The Morgan fingerprint density at radius 3 is 2.75 bits per heavy atom. The van der Waals surface area contributed by atoms with E-state index < -0.39 is 12.0 Å². The zero-order valence-corrected chi connectivity index (χ0v) is 11.5. The third-order valence-electron chi connectivity index (χ3n) is 2.61. The predicted molar refractivity (Wildman–Crippen MR) is 76.3 cm³/mol. The number of rotatable bonds is 4. The van der Waals surface area contributed by atoms with E-state index in [0.717, 1.165) is 5.56 Å².